The summed E-state index contributed by atoms with van der Waals surface area (Å²) >= 11 is 1.16. The van der Waals surface area contributed by atoms with Crippen LogP contribution in [0.4, 0.5) is 0 Å². The lowest BCUT2D eigenvalue weighted by molar-refractivity contribution is -0.119. The van der Waals surface area contributed by atoms with E-state index < -0.39 is 0 Å². The molecule has 0 aromatic heterocycles. The number of hydrogen-bond acceptors (Lipinski definition) is 3. The highest BCUT2D eigenvalue weighted by molar-refractivity contribution is 7.95. The van der Waals surface area contributed by atoms with E-state index in [9.17, 15) is 4.79 Å². The van der Waals surface area contributed by atoms with Crippen molar-refractivity contribution in [2.24, 2.45) is 0 Å². The van der Waals surface area contributed by atoms with Gasteiger partial charge in [-0.15, -0.1) is 0 Å². The van der Waals surface area contributed by atoms with E-state index in [0.29, 0.717) is 6.47 Å². The van der Waals surface area contributed by atoms with Crippen molar-refractivity contribution in [2.45, 2.75) is 5.25 Å². The molecule has 0 heterocycles. The van der Waals surface area contributed by atoms with E-state index >= 15 is 0 Å². The average molecular weight is 244 g/mol. The summed E-state index contributed by atoms with van der Waals surface area (Å²) in [5.41, 5.74) is 2.23. The van der Waals surface area contributed by atoms with Crippen molar-refractivity contribution in [3.05, 3.63) is 71.8 Å². The maximum absolute atomic E-state index is 10.3. The lowest BCUT2D eigenvalue weighted by atomic mass is 10.0. The molecular weight excluding hydrogens is 232 g/mol. The van der Waals surface area contributed by atoms with E-state index in [0.717, 1.165) is 23.2 Å². The van der Waals surface area contributed by atoms with Crippen molar-refractivity contribution in [1.29, 1.82) is 0 Å². The van der Waals surface area contributed by atoms with Crippen molar-refractivity contribution >= 4 is 18.5 Å². The van der Waals surface area contributed by atoms with Gasteiger partial charge in [0.05, 0.1) is 17.3 Å². The zero-order valence-corrected chi connectivity index (χ0v) is 9.97. The van der Waals surface area contributed by atoms with Crippen LogP contribution in [0.25, 0.3) is 0 Å². The summed E-state index contributed by atoms with van der Waals surface area (Å²) in [5.74, 6) is 0. The summed E-state index contributed by atoms with van der Waals surface area (Å²) in [5, 5.41) is 0.0163. The third kappa shape index (κ3) is 3.11. The smallest absolute Gasteiger partial charge is 0.305 e. The molecule has 0 aliphatic rings. The molecular formula is C14H12O2S. The molecule has 0 atom stereocenters. The monoisotopic (exact) mass is 244 g/mol. The van der Waals surface area contributed by atoms with Gasteiger partial charge >= 0.3 is 6.47 Å². The molecule has 0 saturated heterocycles. The van der Waals surface area contributed by atoms with Gasteiger partial charge in [0.2, 0.25) is 0 Å². The SMILES string of the molecule is O=COSC(c1ccccc1)c1ccccc1. The van der Waals surface area contributed by atoms with Crippen LogP contribution in [-0.4, -0.2) is 6.47 Å². The van der Waals surface area contributed by atoms with E-state index in [1.165, 1.54) is 0 Å². The molecule has 0 saturated carbocycles. The Hall–Kier alpha value is -1.74. The predicted molar refractivity (Wildman–Crippen MR) is 69.5 cm³/mol. The highest BCUT2D eigenvalue weighted by Gasteiger charge is 2.15. The van der Waals surface area contributed by atoms with E-state index in [1.807, 2.05) is 60.7 Å². The molecule has 0 aliphatic heterocycles. The van der Waals surface area contributed by atoms with Gasteiger partial charge in [0, 0.05) is 0 Å². The normalized spacial score (nSPS) is 10.2. The minimum atomic E-state index is 0.0163. The Balaban J connectivity index is 2.29. The second kappa shape index (κ2) is 6.11. The molecule has 2 rings (SSSR count). The summed E-state index contributed by atoms with van der Waals surface area (Å²) in [6.07, 6.45) is 0. The van der Waals surface area contributed by atoms with Crippen LogP contribution in [0.15, 0.2) is 60.7 Å². The van der Waals surface area contributed by atoms with Crippen LogP contribution >= 0.6 is 12.0 Å². The minimum Gasteiger partial charge on any atom is -0.393 e. The van der Waals surface area contributed by atoms with E-state index in [2.05, 4.69) is 0 Å². The molecule has 2 aromatic rings. The zero-order valence-electron chi connectivity index (χ0n) is 9.15. The van der Waals surface area contributed by atoms with Crippen LogP contribution < -0.4 is 0 Å². The first-order valence-corrected chi connectivity index (χ1v) is 6.08. The Labute approximate surface area is 105 Å². The van der Waals surface area contributed by atoms with Gasteiger partial charge < -0.3 is 4.18 Å². The van der Waals surface area contributed by atoms with Gasteiger partial charge in [0.25, 0.3) is 0 Å². The lowest BCUT2D eigenvalue weighted by Crippen LogP contribution is -1.97. The number of rotatable bonds is 5. The zero-order chi connectivity index (χ0) is 11.9. The Kier molecular flexibility index (Phi) is 4.22. The minimum absolute atomic E-state index is 0.0163. The fourth-order valence-electron chi connectivity index (χ4n) is 1.64. The maximum Gasteiger partial charge on any atom is 0.305 e. The third-order valence-corrected chi connectivity index (χ3v) is 3.32. The van der Waals surface area contributed by atoms with Gasteiger partial charge in [0.1, 0.15) is 0 Å². The Morgan fingerprint density at radius 1 is 0.882 bits per heavy atom. The fraction of sp³-hybridized carbons (Fsp3) is 0.0714. The number of carbonyl (C=O) groups excluding carboxylic acids is 1. The molecule has 3 heteroatoms. The summed E-state index contributed by atoms with van der Waals surface area (Å²) in [7, 11) is 0. The summed E-state index contributed by atoms with van der Waals surface area (Å²) in [6.45, 7) is 0.462. The maximum atomic E-state index is 10.3. The van der Waals surface area contributed by atoms with Crippen LogP contribution in [0.5, 0.6) is 0 Å². The van der Waals surface area contributed by atoms with Crippen LogP contribution in [-0.2, 0) is 8.98 Å². The van der Waals surface area contributed by atoms with E-state index in [4.69, 9.17) is 4.18 Å². The standard InChI is InChI=1S/C14H12O2S/c15-11-16-17-14(12-7-3-1-4-8-12)13-9-5-2-6-10-13/h1-11,14H. The quantitative estimate of drug-likeness (QED) is 0.594. The number of hydrogen-bond donors (Lipinski definition) is 0. The fourth-order valence-corrected chi connectivity index (χ4v) is 2.33. The van der Waals surface area contributed by atoms with Crippen LogP contribution in [0.1, 0.15) is 16.4 Å². The van der Waals surface area contributed by atoms with Gasteiger partial charge in [-0.1, -0.05) is 60.7 Å². The molecule has 0 spiro atoms. The molecule has 0 amide bonds. The topological polar surface area (TPSA) is 26.3 Å². The van der Waals surface area contributed by atoms with Crippen molar-refractivity contribution in [1.82, 2.24) is 0 Å². The molecule has 0 unspecified atom stereocenters. The Bertz CT molecular complexity index is 417. The second-order valence-electron chi connectivity index (χ2n) is 3.49. The third-order valence-electron chi connectivity index (χ3n) is 2.40. The Morgan fingerprint density at radius 3 is 1.76 bits per heavy atom. The lowest BCUT2D eigenvalue weighted by Gasteiger charge is -2.14. The summed E-state index contributed by atoms with van der Waals surface area (Å²) in [6, 6.07) is 20.0. The highest BCUT2D eigenvalue weighted by Crippen LogP contribution is 2.35. The van der Waals surface area contributed by atoms with Crippen molar-refractivity contribution in [2.75, 3.05) is 0 Å². The van der Waals surface area contributed by atoms with Gasteiger partial charge in [-0.05, 0) is 11.1 Å². The van der Waals surface area contributed by atoms with Gasteiger partial charge in [0.15, 0.2) is 0 Å². The summed E-state index contributed by atoms with van der Waals surface area (Å²) in [4.78, 5) is 10.3. The predicted octanol–water partition coefficient (Wildman–Crippen LogP) is 3.60. The molecule has 0 radical (unpaired) electrons. The Morgan fingerprint density at radius 2 is 1.35 bits per heavy atom. The molecule has 2 aromatic carbocycles. The van der Waals surface area contributed by atoms with E-state index in [-0.39, 0.29) is 5.25 Å². The van der Waals surface area contributed by atoms with Crippen molar-refractivity contribution in [3.8, 4) is 0 Å². The number of benzene rings is 2. The average Bonchev–Trinajstić information content (AvgIpc) is 2.42. The molecule has 0 N–H and O–H groups in total. The molecule has 0 fully saturated rings. The van der Waals surface area contributed by atoms with Crippen molar-refractivity contribution in [3.63, 3.8) is 0 Å². The molecule has 0 aliphatic carbocycles. The van der Waals surface area contributed by atoms with Gasteiger partial charge in [-0.2, -0.15) is 0 Å². The summed E-state index contributed by atoms with van der Waals surface area (Å²) < 4.78 is 4.84. The molecule has 0 bridgehead atoms. The number of carbonyl (C=O) groups is 1. The van der Waals surface area contributed by atoms with Gasteiger partial charge in [-0.3, -0.25) is 4.79 Å². The van der Waals surface area contributed by atoms with Crippen LogP contribution in [0, 0.1) is 0 Å². The molecule has 17 heavy (non-hydrogen) atoms. The van der Waals surface area contributed by atoms with Crippen molar-refractivity contribution < 1.29 is 8.98 Å². The molecule has 86 valence electrons. The first-order chi connectivity index (χ1) is 8.42. The first-order valence-electron chi connectivity index (χ1n) is 5.27. The first kappa shape index (κ1) is 11.7. The van der Waals surface area contributed by atoms with Gasteiger partial charge in [-0.25, -0.2) is 0 Å². The van der Waals surface area contributed by atoms with Crippen LogP contribution in [0.3, 0.4) is 0 Å². The van der Waals surface area contributed by atoms with Crippen LogP contribution in [0.2, 0.25) is 0 Å². The largest absolute Gasteiger partial charge is 0.393 e. The van der Waals surface area contributed by atoms with E-state index in [1.54, 1.807) is 0 Å². The second-order valence-corrected chi connectivity index (χ2v) is 4.35. The molecule has 2 nitrogen and oxygen atoms in total. The highest BCUT2D eigenvalue weighted by atomic mass is 32.2.